The third-order valence-corrected chi connectivity index (χ3v) is 2.93. The summed E-state index contributed by atoms with van der Waals surface area (Å²) < 4.78 is 19.2. The molecule has 0 aliphatic rings. The molecule has 3 rings (SSSR count). The number of ether oxygens (including phenoxy) is 1. The van der Waals surface area contributed by atoms with Gasteiger partial charge in [0.25, 0.3) is 0 Å². The summed E-state index contributed by atoms with van der Waals surface area (Å²) in [5, 5.41) is 7.75. The summed E-state index contributed by atoms with van der Waals surface area (Å²) in [6, 6.07) is 18.6. The zero-order valence-corrected chi connectivity index (χ0v) is 12.1. The van der Waals surface area contributed by atoms with Crippen LogP contribution >= 0.6 is 0 Å². The van der Waals surface area contributed by atoms with Gasteiger partial charge in [-0.1, -0.05) is 48.5 Å². The van der Waals surface area contributed by atoms with Crippen LogP contribution in [0.3, 0.4) is 0 Å². The van der Waals surface area contributed by atoms with Crippen LogP contribution in [0.5, 0.6) is 6.01 Å². The molecule has 0 unspecified atom stereocenters. The highest BCUT2D eigenvalue weighted by molar-refractivity contribution is 5.36. The summed E-state index contributed by atoms with van der Waals surface area (Å²) in [7, 11) is 0. The van der Waals surface area contributed by atoms with E-state index < -0.39 is 5.82 Å². The largest absolute Gasteiger partial charge is 0.459 e. The van der Waals surface area contributed by atoms with Gasteiger partial charge in [-0.3, -0.25) is 0 Å². The standard InChI is InChI=1S/C17H13FN4O/c18-15-11-19-17(23-12-13-7-3-1-4-8-13)20-16(15)22-21-14-9-5-2-6-10-14/h1-11H,12H2/b22-21+. The van der Waals surface area contributed by atoms with Crippen LogP contribution in [0.1, 0.15) is 5.56 Å². The molecular weight excluding hydrogens is 295 g/mol. The van der Waals surface area contributed by atoms with Crippen LogP contribution in [0.4, 0.5) is 15.9 Å². The Morgan fingerprint density at radius 1 is 0.913 bits per heavy atom. The maximum absolute atomic E-state index is 13.7. The Balaban J connectivity index is 1.73. The third kappa shape index (κ3) is 4.16. The molecule has 23 heavy (non-hydrogen) atoms. The molecule has 0 N–H and O–H groups in total. The second kappa shape index (κ2) is 7.22. The molecular formula is C17H13FN4O. The van der Waals surface area contributed by atoms with E-state index in [0.717, 1.165) is 11.8 Å². The predicted octanol–water partition coefficient (Wildman–Crippen LogP) is 4.61. The smallest absolute Gasteiger partial charge is 0.318 e. The van der Waals surface area contributed by atoms with E-state index in [0.29, 0.717) is 12.3 Å². The average Bonchev–Trinajstić information content (AvgIpc) is 2.62. The van der Waals surface area contributed by atoms with Crippen molar-refractivity contribution in [1.29, 1.82) is 0 Å². The van der Waals surface area contributed by atoms with E-state index >= 15 is 0 Å². The number of benzene rings is 2. The monoisotopic (exact) mass is 308 g/mol. The molecule has 0 amide bonds. The molecule has 6 heteroatoms. The van der Waals surface area contributed by atoms with Crippen LogP contribution < -0.4 is 4.74 Å². The molecule has 1 heterocycles. The van der Waals surface area contributed by atoms with Crippen molar-refractivity contribution in [3.63, 3.8) is 0 Å². The molecule has 0 saturated carbocycles. The van der Waals surface area contributed by atoms with Crippen molar-refractivity contribution in [2.24, 2.45) is 10.2 Å². The highest BCUT2D eigenvalue weighted by Crippen LogP contribution is 2.20. The molecule has 2 aromatic carbocycles. The highest BCUT2D eigenvalue weighted by Gasteiger charge is 2.07. The quantitative estimate of drug-likeness (QED) is 0.647. The summed E-state index contributed by atoms with van der Waals surface area (Å²) in [6.45, 7) is 0.293. The van der Waals surface area contributed by atoms with Gasteiger partial charge in [-0.15, -0.1) is 10.2 Å². The Bertz CT molecular complexity index is 794. The summed E-state index contributed by atoms with van der Waals surface area (Å²) in [4.78, 5) is 7.73. The van der Waals surface area contributed by atoms with E-state index in [9.17, 15) is 4.39 Å². The summed E-state index contributed by atoms with van der Waals surface area (Å²) in [5.74, 6) is -0.816. The van der Waals surface area contributed by atoms with Crippen LogP contribution in [0.25, 0.3) is 0 Å². The fourth-order valence-corrected chi connectivity index (χ4v) is 1.80. The molecule has 1 aromatic heterocycles. The number of hydrogen-bond donors (Lipinski definition) is 0. The van der Waals surface area contributed by atoms with Crippen molar-refractivity contribution in [2.45, 2.75) is 6.61 Å². The number of azo groups is 1. The Kier molecular flexibility index (Phi) is 4.63. The molecule has 0 fully saturated rings. The molecule has 0 atom stereocenters. The van der Waals surface area contributed by atoms with E-state index in [4.69, 9.17) is 4.74 Å². The molecule has 3 aromatic rings. The third-order valence-electron chi connectivity index (χ3n) is 2.93. The van der Waals surface area contributed by atoms with Crippen molar-refractivity contribution in [1.82, 2.24) is 9.97 Å². The van der Waals surface area contributed by atoms with Gasteiger partial charge in [-0.05, 0) is 17.7 Å². The van der Waals surface area contributed by atoms with E-state index in [2.05, 4.69) is 20.2 Å². The van der Waals surface area contributed by atoms with E-state index in [1.807, 2.05) is 48.5 Å². The van der Waals surface area contributed by atoms with Crippen LogP contribution in [0, 0.1) is 5.82 Å². The molecule has 0 bridgehead atoms. The minimum absolute atomic E-state index is 0.0530. The second-order valence-electron chi connectivity index (χ2n) is 4.63. The van der Waals surface area contributed by atoms with Gasteiger partial charge in [0.1, 0.15) is 6.61 Å². The zero-order chi connectivity index (χ0) is 15.9. The molecule has 0 spiro atoms. The Morgan fingerprint density at radius 2 is 1.61 bits per heavy atom. The van der Waals surface area contributed by atoms with Gasteiger partial charge in [-0.2, -0.15) is 4.98 Å². The predicted molar refractivity (Wildman–Crippen MR) is 83.4 cm³/mol. The lowest BCUT2D eigenvalue weighted by atomic mass is 10.2. The maximum atomic E-state index is 13.7. The molecule has 0 aliphatic carbocycles. The van der Waals surface area contributed by atoms with Crippen molar-refractivity contribution >= 4 is 11.5 Å². The van der Waals surface area contributed by atoms with Crippen molar-refractivity contribution in [3.8, 4) is 6.01 Å². The normalized spacial score (nSPS) is 10.8. The average molecular weight is 308 g/mol. The van der Waals surface area contributed by atoms with Gasteiger partial charge >= 0.3 is 6.01 Å². The number of aromatic nitrogens is 2. The lowest BCUT2D eigenvalue weighted by Crippen LogP contribution is -1.99. The summed E-state index contributed by atoms with van der Waals surface area (Å²) in [5.41, 5.74) is 1.57. The summed E-state index contributed by atoms with van der Waals surface area (Å²) >= 11 is 0. The number of rotatable bonds is 5. The van der Waals surface area contributed by atoms with Crippen LogP contribution in [-0.2, 0) is 6.61 Å². The number of nitrogens with zero attached hydrogens (tertiary/aromatic N) is 4. The molecule has 114 valence electrons. The zero-order valence-electron chi connectivity index (χ0n) is 12.1. The first-order valence-corrected chi connectivity index (χ1v) is 6.97. The van der Waals surface area contributed by atoms with Crippen LogP contribution in [0.2, 0.25) is 0 Å². The molecule has 0 aliphatic heterocycles. The SMILES string of the molecule is Fc1cnc(OCc2ccccc2)nc1/N=N/c1ccccc1. The van der Waals surface area contributed by atoms with Crippen molar-refractivity contribution < 1.29 is 9.13 Å². The second-order valence-corrected chi connectivity index (χ2v) is 4.63. The molecule has 0 radical (unpaired) electrons. The fraction of sp³-hybridized carbons (Fsp3) is 0.0588. The minimum atomic E-state index is -0.656. The highest BCUT2D eigenvalue weighted by atomic mass is 19.1. The first-order chi connectivity index (χ1) is 11.3. The van der Waals surface area contributed by atoms with Gasteiger partial charge in [0.2, 0.25) is 5.82 Å². The topological polar surface area (TPSA) is 59.7 Å². The first-order valence-electron chi connectivity index (χ1n) is 6.97. The Labute approximate surface area is 132 Å². The minimum Gasteiger partial charge on any atom is -0.459 e. The maximum Gasteiger partial charge on any atom is 0.318 e. The lowest BCUT2D eigenvalue weighted by molar-refractivity contribution is 0.279. The summed E-state index contributed by atoms with van der Waals surface area (Å²) in [6.07, 6.45) is 1.02. The Hall–Kier alpha value is -3.15. The first kappa shape index (κ1) is 14.8. The molecule has 0 saturated heterocycles. The van der Waals surface area contributed by atoms with Crippen LogP contribution in [0.15, 0.2) is 77.1 Å². The van der Waals surface area contributed by atoms with Gasteiger partial charge in [0.15, 0.2) is 5.82 Å². The van der Waals surface area contributed by atoms with Crippen molar-refractivity contribution in [2.75, 3.05) is 0 Å². The number of halogens is 1. The van der Waals surface area contributed by atoms with Gasteiger partial charge in [0, 0.05) is 0 Å². The fourth-order valence-electron chi connectivity index (χ4n) is 1.80. The van der Waals surface area contributed by atoms with E-state index in [1.54, 1.807) is 12.1 Å². The Morgan fingerprint density at radius 3 is 2.35 bits per heavy atom. The van der Waals surface area contributed by atoms with Gasteiger partial charge < -0.3 is 4.74 Å². The number of hydrogen-bond acceptors (Lipinski definition) is 5. The van der Waals surface area contributed by atoms with E-state index in [1.165, 1.54) is 0 Å². The van der Waals surface area contributed by atoms with E-state index in [-0.39, 0.29) is 11.8 Å². The van der Waals surface area contributed by atoms with Crippen LogP contribution in [-0.4, -0.2) is 9.97 Å². The van der Waals surface area contributed by atoms with Crippen molar-refractivity contribution in [3.05, 3.63) is 78.2 Å². The molecule has 5 nitrogen and oxygen atoms in total. The van der Waals surface area contributed by atoms with Gasteiger partial charge in [0.05, 0.1) is 11.9 Å². The van der Waals surface area contributed by atoms with Gasteiger partial charge in [-0.25, -0.2) is 9.37 Å². The lowest BCUT2D eigenvalue weighted by Gasteiger charge is -2.04.